The molecule has 1 fully saturated rings. The van der Waals surface area contributed by atoms with Crippen molar-refractivity contribution in [3.63, 3.8) is 0 Å². The third kappa shape index (κ3) is 4.07. The molecule has 1 aliphatic heterocycles. The minimum atomic E-state index is -0.179. The molecule has 0 spiro atoms. The highest BCUT2D eigenvalue weighted by Gasteiger charge is 2.30. The van der Waals surface area contributed by atoms with Crippen LogP contribution in [0, 0.1) is 0 Å². The molecular weight excluding hydrogens is 370 g/mol. The van der Waals surface area contributed by atoms with Crippen molar-refractivity contribution in [1.82, 2.24) is 4.90 Å². The van der Waals surface area contributed by atoms with Crippen LogP contribution in [0.5, 0.6) is 0 Å². The van der Waals surface area contributed by atoms with Crippen molar-refractivity contribution in [2.45, 2.75) is 18.9 Å². The molecule has 2 aromatic carbocycles. The quantitative estimate of drug-likeness (QED) is 0.628. The number of hydrogen-bond acceptors (Lipinski definition) is 3. The highest BCUT2D eigenvalue weighted by molar-refractivity contribution is 7.08. The maximum absolute atomic E-state index is 12.8. The summed E-state index contributed by atoms with van der Waals surface area (Å²) in [4.78, 5) is 27.0. The van der Waals surface area contributed by atoms with E-state index in [1.807, 2.05) is 40.6 Å². The van der Waals surface area contributed by atoms with Gasteiger partial charge in [-0.1, -0.05) is 24.3 Å². The molecule has 0 aliphatic carbocycles. The van der Waals surface area contributed by atoms with E-state index in [2.05, 4.69) is 22.1 Å². The molecular formula is C22H21N3O2S. The Morgan fingerprint density at radius 3 is 2.50 bits per heavy atom. The maximum atomic E-state index is 12.8. The monoisotopic (exact) mass is 391 g/mol. The normalized spacial score (nSPS) is 16.0. The minimum absolute atomic E-state index is 0.111. The van der Waals surface area contributed by atoms with Gasteiger partial charge in [0.05, 0.1) is 6.04 Å². The minimum Gasteiger partial charge on any atom is -0.322 e. The summed E-state index contributed by atoms with van der Waals surface area (Å²) in [6.07, 6.45) is 1.98. The summed E-state index contributed by atoms with van der Waals surface area (Å²) < 4.78 is 0. The molecule has 1 aliphatic rings. The zero-order valence-electron chi connectivity index (χ0n) is 15.3. The average molecular weight is 391 g/mol. The van der Waals surface area contributed by atoms with Crippen molar-refractivity contribution >= 4 is 34.6 Å². The van der Waals surface area contributed by atoms with E-state index in [0.717, 1.165) is 19.4 Å². The number of likely N-dealkylation sites (tertiary alicyclic amines) is 1. The zero-order valence-corrected chi connectivity index (χ0v) is 16.1. The van der Waals surface area contributed by atoms with Crippen molar-refractivity contribution in [2.75, 3.05) is 17.2 Å². The standard InChI is InChI=1S/C22H21N3O2S/c26-21(16-6-2-1-3-7-16)23-18-8-4-9-19(14-18)24-22(27)25-12-5-10-20(25)17-11-13-28-15-17/h1-4,6-9,11,13-15,20H,5,10,12H2,(H,23,26)(H,24,27)/t20-/m0/s1. The number of anilines is 2. The molecule has 3 aromatic rings. The summed E-state index contributed by atoms with van der Waals surface area (Å²) in [5.41, 5.74) is 3.09. The highest BCUT2D eigenvalue weighted by Crippen LogP contribution is 2.33. The first kappa shape index (κ1) is 18.3. The van der Waals surface area contributed by atoms with Crippen LogP contribution >= 0.6 is 11.3 Å². The predicted octanol–water partition coefficient (Wildman–Crippen LogP) is 5.37. The molecule has 28 heavy (non-hydrogen) atoms. The Hall–Kier alpha value is -3.12. The van der Waals surface area contributed by atoms with Crippen LogP contribution in [0.4, 0.5) is 16.2 Å². The summed E-state index contributed by atoms with van der Waals surface area (Å²) >= 11 is 1.65. The molecule has 2 heterocycles. The van der Waals surface area contributed by atoms with Gasteiger partial charge < -0.3 is 15.5 Å². The van der Waals surface area contributed by atoms with E-state index in [1.165, 1.54) is 5.56 Å². The smallest absolute Gasteiger partial charge is 0.322 e. The third-order valence-corrected chi connectivity index (χ3v) is 5.55. The molecule has 6 heteroatoms. The summed E-state index contributed by atoms with van der Waals surface area (Å²) in [6.45, 7) is 0.747. The lowest BCUT2D eigenvalue weighted by Gasteiger charge is -2.24. The Balaban J connectivity index is 1.43. The van der Waals surface area contributed by atoms with Crippen molar-refractivity contribution < 1.29 is 9.59 Å². The van der Waals surface area contributed by atoms with Gasteiger partial charge in [0.1, 0.15) is 0 Å². The van der Waals surface area contributed by atoms with Crippen LogP contribution in [0.3, 0.4) is 0 Å². The number of nitrogens with zero attached hydrogens (tertiary/aromatic N) is 1. The topological polar surface area (TPSA) is 61.4 Å². The van der Waals surface area contributed by atoms with Gasteiger partial charge in [-0.3, -0.25) is 4.79 Å². The summed E-state index contributed by atoms with van der Waals surface area (Å²) in [5.74, 6) is -0.179. The molecule has 1 saturated heterocycles. The molecule has 0 bridgehead atoms. The Labute approximate surface area is 168 Å². The number of carbonyl (C=O) groups excluding carboxylic acids is 2. The van der Waals surface area contributed by atoms with Gasteiger partial charge in [-0.2, -0.15) is 11.3 Å². The van der Waals surface area contributed by atoms with Gasteiger partial charge in [-0.05, 0) is 65.6 Å². The van der Waals surface area contributed by atoms with Gasteiger partial charge >= 0.3 is 6.03 Å². The van der Waals surface area contributed by atoms with E-state index < -0.39 is 0 Å². The van der Waals surface area contributed by atoms with Gasteiger partial charge in [0.2, 0.25) is 0 Å². The Morgan fingerprint density at radius 2 is 1.75 bits per heavy atom. The summed E-state index contributed by atoms with van der Waals surface area (Å²) in [5, 5.41) is 9.99. The fourth-order valence-electron chi connectivity index (χ4n) is 3.48. The van der Waals surface area contributed by atoms with Crippen LogP contribution in [-0.2, 0) is 0 Å². The van der Waals surface area contributed by atoms with E-state index in [-0.39, 0.29) is 18.0 Å². The summed E-state index contributed by atoms with van der Waals surface area (Å²) in [6, 6.07) is 18.4. The average Bonchev–Trinajstić information content (AvgIpc) is 3.40. The number of benzene rings is 2. The number of carbonyl (C=O) groups is 2. The van der Waals surface area contributed by atoms with Crippen molar-refractivity contribution in [2.24, 2.45) is 0 Å². The van der Waals surface area contributed by atoms with E-state index in [9.17, 15) is 9.59 Å². The second kappa shape index (κ2) is 8.27. The fourth-order valence-corrected chi connectivity index (χ4v) is 4.19. The predicted molar refractivity (Wildman–Crippen MR) is 113 cm³/mol. The lowest BCUT2D eigenvalue weighted by Crippen LogP contribution is -2.34. The Morgan fingerprint density at radius 1 is 0.964 bits per heavy atom. The SMILES string of the molecule is O=C(Nc1cccc(NC(=O)N2CCC[C@H]2c2ccsc2)c1)c1ccccc1. The van der Waals surface area contributed by atoms with Crippen LogP contribution < -0.4 is 10.6 Å². The van der Waals surface area contributed by atoms with E-state index >= 15 is 0 Å². The molecule has 3 amide bonds. The van der Waals surface area contributed by atoms with Crippen molar-refractivity contribution in [1.29, 1.82) is 0 Å². The largest absolute Gasteiger partial charge is 0.322 e. The van der Waals surface area contributed by atoms with Crippen LogP contribution in [0.2, 0.25) is 0 Å². The van der Waals surface area contributed by atoms with Gasteiger partial charge in [-0.25, -0.2) is 4.79 Å². The Kier molecular flexibility index (Phi) is 5.39. The molecule has 1 atom stereocenters. The van der Waals surface area contributed by atoms with Crippen molar-refractivity contribution in [3.05, 3.63) is 82.6 Å². The third-order valence-electron chi connectivity index (χ3n) is 4.85. The first-order chi connectivity index (χ1) is 13.7. The number of rotatable bonds is 4. The maximum Gasteiger partial charge on any atom is 0.322 e. The fraction of sp³-hybridized carbons (Fsp3) is 0.182. The van der Waals surface area contributed by atoms with Gasteiger partial charge in [0, 0.05) is 23.5 Å². The molecule has 142 valence electrons. The van der Waals surface area contributed by atoms with Crippen LogP contribution in [-0.4, -0.2) is 23.4 Å². The summed E-state index contributed by atoms with van der Waals surface area (Å²) in [7, 11) is 0. The Bertz CT molecular complexity index is 957. The molecule has 5 nitrogen and oxygen atoms in total. The second-order valence-corrected chi connectivity index (χ2v) is 7.52. The molecule has 0 radical (unpaired) electrons. The lowest BCUT2D eigenvalue weighted by molar-refractivity contribution is 0.102. The van der Waals surface area contributed by atoms with E-state index in [0.29, 0.717) is 16.9 Å². The first-order valence-electron chi connectivity index (χ1n) is 9.27. The van der Waals surface area contributed by atoms with Gasteiger partial charge in [0.15, 0.2) is 0 Å². The zero-order chi connectivity index (χ0) is 19.3. The second-order valence-electron chi connectivity index (χ2n) is 6.74. The number of urea groups is 1. The molecule has 0 unspecified atom stereocenters. The van der Waals surface area contributed by atoms with Crippen LogP contribution in [0.15, 0.2) is 71.4 Å². The molecule has 0 saturated carbocycles. The van der Waals surface area contributed by atoms with Gasteiger partial charge in [-0.15, -0.1) is 0 Å². The first-order valence-corrected chi connectivity index (χ1v) is 10.2. The number of amides is 3. The van der Waals surface area contributed by atoms with E-state index in [4.69, 9.17) is 0 Å². The molecule has 1 aromatic heterocycles. The van der Waals surface area contributed by atoms with Crippen LogP contribution in [0.1, 0.15) is 34.8 Å². The van der Waals surface area contributed by atoms with Crippen molar-refractivity contribution in [3.8, 4) is 0 Å². The number of nitrogens with one attached hydrogen (secondary N) is 2. The number of thiophene rings is 1. The molecule has 4 rings (SSSR count). The lowest BCUT2D eigenvalue weighted by atomic mass is 10.1. The van der Waals surface area contributed by atoms with Crippen LogP contribution in [0.25, 0.3) is 0 Å². The van der Waals surface area contributed by atoms with E-state index in [1.54, 1.807) is 35.6 Å². The highest BCUT2D eigenvalue weighted by atomic mass is 32.1. The number of hydrogen-bond donors (Lipinski definition) is 2. The van der Waals surface area contributed by atoms with Gasteiger partial charge in [0.25, 0.3) is 5.91 Å². The molecule has 2 N–H and O–H groups in total.